The van der Waals surface area contributed by atoms with E-state index in [2.05, 4.69) is 10.3 Å². The van der Waals surface area contributed by atoms with E-state index in [9.17, 15) is 26.4 Å². The highest BCUT2D eigenvalue weighted by Gasteiger charge is 2.46. The molecule has 1 aromatic rings. The number of anilines is 1. The molecular formula is C16H21F3N4O3S. The van der Waals surface area contributed by atoms with Crippen molar-refractivity contribution in [1.29, 1.82) is 0 Å². The number of nitrogens with one attached hydrogen (secondary N) is 2. The molecule has 1 amide bonds. The van der Waals surface area contributed by atoms with E-state index in [1.807, 2.05) is 0 Å². The van der Waals surface area contributed by atoms with Gasteiger partial charge in [0.2, 0.25) is 15.9 Å². The van der Waals surface area contributed by atoms with E-state index in [1.54, 1.807) is 0 Å². The van der Waals surface area contributed by atoms with Crippen molar-refractivity contribution < 1.29 is 26.4 Å². The van der Waals surface area contributed by atoms with E-state index in [-0.39, 0.29) is 11.7 Å². The Morgan fingerprint density at radius 3 is 2.26 bits per heavy atom. The number of hydrogen-bond donors (Lipinski definition) is 3. The summed E-state index contributed by atoms with van der Waals surface area (Å²) in [6.45, 7) is -1.67. The third-order valence-electron chi connectivity index (χ3n) is 4.81. The number of rotatable bonds is 8. The van der Waals surface area contributed by atoms with Gasteiger partial charge in [0.25, 0.3) is 0 Å². The second kappa shape index (κ2) is 7.36. The van der Waals surface area contributed by atoms with Crippen LogP contribution in [0.5, 0.6) is 0 Å². The predicted octanol–water partition coefficient (Wildman–Crippen LogP) is 1.62. The van der Waals surface area contributed by atoms with Gasteiger partial charge in [-0.15, -0.1) is 0 Å². The van der Waals surface area contributed by atoms with Crippen LogP contribution in [0, 0.1) is 17.8 Å². The van der Waals surface area contributed by atoms with Crippen molar-refractivity contribution in [3.05, 3.63) is 18.3 Å². The van der Waals surface area contributed by atoms with E-state index in [0.717, 1.165) is 37.9 Å². The van der Waals surface area contributed by atoms with Crippen LogP contribution in [0.25, 0.3) is 0 Å². The van der Waals surface area contributed by atoms with Gasteiger partial charge in [0, 0.05) is 6.20 Å². The van der Waals surface area contributed by atoms with E-state index in [4.69, 9.17) is 5.73 Å². The summed E-state index contributed by atoms with van der Waals surface area (Å²) >= 11 is 0. The number of amides is 1. The summed E-state index contributed by atoms with van der Waals surface area (Å²) < 4.78 is 61.6. The molecule has 7 nitrogen and oxygen atoms in total. The molecule has 1 heterocycles. The lowest BCUT2D eigenvalue weighted by Gasteiger charge is -2.22. The van der Waals surface area contributed by atoms with Gasteiger partial charge < -0.3 is 11.1 Å². The maximum atomic E-state index is 12.4. The third-order valence-corrected chi connectivity index (χ3v) is 6.20. The molecule has 27 heavy (non-hydrogen) atoms. The van der Waals surface area contributed by atoms with Crippen molar-refractivity contribution in [3.8, 4) is 0 Å². The highest BCUT2D eigenvalue weighted by atomic mass is 32.2. The van der Waals surface area contributed by atoms with E-state index < -0.39 is 39.6 Å². The molecule has 2 fully saturated rings. The number of hydrogen-bond acceptors (Lipinski definition) is 5. The molecule has 0 radical (unpaired) electrons. The molecular weight excluding hydrogens is 385 g/mol. The number of carbonyl (C=O) groups excluding carboxylic acids is 1. The van der Waals surface area contributed by atoms with Crippen molar-refractivity contribution in [2.45, 2.75) is 42.8 Å². The van der Waals surface area contributed by atoms with E-state index >= 15 is 0 Å². The maximum Gasteiger partial charge on any atom is 0.402 e. The summed E-state index contributed by atoms with van der Waals surface area (Å²) in [5.41, 5.74) is 6.12. The Morgan fingerprint density at radius 1 is 1.22 bits per heavy atom. The Hall–Kier alpha value is -1.72. The molecule has 2 saturated carbocycles. The van der Waals surface area contributed by atoms with Crippen molar-refractivity contribution >= 4 is 21.7 Å². The van der Waals surface area contributed by atoms with Gasteiger partial charge in [-0.25, -0.2) is 18.1 Å². The summed E-state index contributed by atoms with van der Waals surface area (Å²) in [7, 11) is -4.34. The fourth-order valence-corrected chi connectivity index (χ4v) is 4.15. The first kappa shape index (κ1) is 20.0. The second-order valence-corrected chi connectivity index (χ2v) is 8.85. The summed E-state index contributed by atoms with van der Waals surface area (Å²) in [5.74, 6) is 0.820. The number of aromatic nitrogens is 1. The SMILES string of the molecule is N[C@H](C(=O)Nc1ccc(S(=O)(=O)NCC(F)(F)F)cn1)C(C1CC1)C1CC1. The minimum absolute atomic E-state index is 0.0931. The average molecular weight is 406 g/mol. The Bertz CT molecular complexity index is 778. The molecule has 0 unspecified atom stereocenters. The number of sulfonamides is 1. The van der Waals surface area contributed by atoms with Crippen molar-refractivity contribution in [2.75, 3.05) is 11.9 Å². The number of alkyl halides is 3. The molecule has 3 rings (SSSR count). The van der Waals surface area contributed by atoms with Crippen molar-refractivity contribution in [1.82, 2.24) is 9.71 Å². The van der Waals surface area contributed by atoms with Gasteiger partial charge in [0.05, 0.1) is 6.04 Å². The Labute approximate surface area is 155 Å². The molecule has 0 spiro atoms. The number of pyridine rings is 1. The molecule has 0 aromatic carbocycles. The maximum absolute atomic E-state index is 12.4. The van der Waals surface area contributed by atoms with E-state index in [0.29, 0.717) is 11.8 Å². The summed E-state index contributed by atoms with van der Waals surface area (Å²) in [4.78, 5) is 15.8. The number of nitrogens with zero attached hydrogens (tertiary/aromatic N) is 1. The van der Waals surface area contributed by atoms with Gasteiger partial charge in [0.15, 0.2) is 0 Å². The highest BCUT2D eigenvalue weighted by molar-refractivity contribution is 7.89. The highest BCUT2D eigenvalue weighted by Crippen LogP contribution is 2.50. The quantitative estimate of drug-likeness (QED) is 0.607. The Morgan fingerprint density at radius 2 is 1.81 bits per heavy atom. The molecule has 1 atom stereocenters. The molecule has 1 aromatic heterocycles. The van der Waals surface area contributed by atoms with Crippen LogP contribution in [0.15, 0.2) is 23.2 Å². The average Bonchev–Trinajstić information content (AvgIpc) is 3.48. The molecule has 0 aliphatic heterocycles. The van der Waals surface area contributed by atoms with Crippen LogP contribution in [0.1, 0.15) is 25.7 Å². The van der Waals surface area contributed by atoms with Crippen LogP contribution >= 0.6 is 0 Å². The smallest absolute Gasteiger partial charge is 0.320 e. The van der Waals surface area contributed by atoms with Gasteiger partial charge in [-0.3, -0.25) is 4.79 Å². The van der Waals surface area contributed by atoms with Crippen molar-refractivity contribution in [3.63, 3.8) is 0 Å². The topological polar surface area (TPSA) is 114 Å². The molecule has 2 aliphatic rings. The zero-order valence-electron chi connectivity index (χ0n) is 14.4. The van der Waals surface area contributed by atoms with Gasteiger partial charge >= 0.3 is 6.18 Å². The second-order valence-electron chi connectivity index (χ2n) is 7.09. The lowest BCUT2D eigenvalue weighted by molar-refractivity contribution is -0.121. The van der Waals surface area contributed by atoms with Crippen LogP contribution in [-0.2, 0) is 14.8 Å². The van der Waals surface area contributed by atoms with Crippen LogP contribution < -0.4 is 15.8 Å². The predicted molar refractivity (Wildman–Crippen MR) is 91.0 cm³/mol. The first-order chi connectivity index (χ1) is 12.6. The summed E-state index contributed by atoms with van der Waals surface area (Å²) in [5, 5.41) is 2.55. The third kappa shape index (κ3) is 5.39. The molecule has 150 valence electrons. The van der Waals surface area contributed by atoms with Gasteiger partial charge in [-0.2, -0.15) is 13.2 Å². The Kier molecular flexibility index (Phi) is 5.46. The fourth-order valence-electron chi connectivity index (χ4n) is 3.19. The largest absolute Gasteiger partial charge is 0.402 e. The van der Waals surface area contributed by atoms with Crippen molar-refractivity contribution in [2.24, 2.45) is 23.5 Å². The summed E-state index contributed by atoms with van der Waals surface area (Å²) in [6, 6.07) is 1.63. The normalized spacial score (nSPS) is 19.1. The number of halogens is 3. The van der Waals surface area contributed by atoms with Crippen LogP contribution in [0.2, 0.25) is 0 Å². The van der Waals surface area contributed by atoms with E-state index in [1.165, 1.54) is 10.8 Å². The zero-order valence-corrected chi connectivity index (χ0v) is 15.2. The monoisotopic (exact) mass is 406 g/mol. The minimum Gasteiger partial charge on any atom is -0.320 e. The first-order valence-corrected chi connectivity index (χ1v) is 10.1. The molecule has 4 N–H and O–H groups in total. The van der Waals surface area contributed by atoms with Gasteiger partial charge in [-0.05, 0) is 55.6 Å². The lowest BCUT2D eigenvalue weighted by atomic mass is 9.89. The molecule has 0 saturated heterocycles. The van der Waals surface area contributed by atoms with Crippen LogP contribution in [0.4, 0.5) is 19.0 Å². The fraction of sp³-hybridized carbons (Fsp3) is 0.625. The molecule has 2 aliphatic carbocycles. The number of nitrogens with two attached hydrogens (primary N) is 1. The van der Waals surface area contributed by atoms with Gasteiger partial charge in [0.1, 0.15) is 17.3 Å². The van der Waals surface area contributed by atoms with Crippen LogP contribution in [0.3, 0.4) is 0 Å². The lowest BCUT2D eigenvalue weighted by Crippen LogP contribution is -2.43. The molecule has 11 heteroatoms. The standard InChI is InChI=1S/C16H21F3N4O3S/c17-16(18,19)8-22-27(25,26)11-5-6-12(21-7-11)23-15(24)14(20)13(9-1-2-9)10-3-4-10/h5-7,9-10,13-14,22H,1-4,8,20H2,(H,21,23,24)/t14-/m0/s1. The van der Waals surface area contributed by atoms with Crippen LogP contribution in [-0.4, -0.2) is 38.1 Å². The Balaban J connectivity index is 1.60. The van der Waals surface area contributed by atoms with Gasteiger partial charge in [-0.1, -0.05) is 0 Å². The zero-order chi connectivity index (χ0) is 19.8. The summed E-state index contributed by atoms with van der Waals surface area (Å²) in [6.07, 6.45) is 0.550. The molecule has 0 bridgehead atoms. The minimum atomic E-state index is -4.66. The first-order valence-electron chi connectivity index (χ1n) is 8.66. The number of carbonyl (C=O) groups is 1.